The van der Waals surface area contributed by atoms with Gasteiger partial charge in [0, 0.05) is 13.2 Å². The average Bonchev–Trinajstić information content (AvgIpc) is 2.27. The molecule has 0 aromatic carbocycles. The van der Waals surface area contributed by atoms with E-state index in [9.17, 15) is 4.79 Å². The van der Waals surface area contributed by atoms with Crippen LogP contribution < -0.4 is 5.32 Å². The van der Waals surface area contributed by atoms with Gasteiger partial charge in [-0.3, -0.25) is 4.79 Å². The molecule has 3 atom stereocenters. The molecule has 3 heteroatoms. The molecule has 0 radical (unpaired) electrons. The molecule has 17 heavy (non-hydrogen) atoms. The van der Waals surface area contributed by atoms with Crippen LogP contribution >= 0.6 is 0 Å². The maximum absolute atomic E-state index is 11.9. The van der Waals surface area contributed by atoms with E-state index in [4.69, 9.17) is 4.74 Å². The van der Waals surface area contributed by atoms with Gasteiger partial charge in [0.1, 0.15) is 6.10 Å². The Balaban J connectivity index is 2.63. The lowest BCUT2D eigenvalue weighted by Gasteiger charge is -2.41. The Kier molecular flexibility index (Phi) is 4.99. The second kappa shape index (κ2) is 5.85. The zero-order valence-electron chi connectivity index (χ0n) is 11.9. The van der Waals surface area contributed by atoms with Crippen LogP contribution in [0.15, 0.2) is 0 Å². The molecule has 0 heterocycles. The van der Waals surface area contributed by atoms with Crippen molar-refractivity contribution in [1.82, 2.24) is 5.32 Å². The molecule has 0 aromatic heterocycles. The lowest BCUT2D eigenvalue weighted by Crippen LogP contribution is -2.49. The van der Waals surface area contributed by atoms with Gasteiger partial charge in [-0.2, -0.15) is 0 Å². The van der Waals surface area contributed by atoms with E-state index in [-0.39, 0.29) is 17.4 Å². The smallest absolute Gasteiger partial charge is 0.249 e. The monoisotopic (exact) mass is 241 g/mol. The Morgan fingerprint density at radius 2 is 1.88 bits per heavy atom. The Hall–Kier alpha value is -0.570. The summed E-state index contributed by atoms with van der Waals surface area (Å²) in [4.78, 5) is 11.9. The van der Waals surface area contributed by atoms with Crippen molar-refractivity contribution >= 4 is 5.91 Å². The first-order chi connectivity index (χ1) is 7.86. The molecule has 1 N–H and O–H groups in total. The molecule has 0 spiro atoms. The van der Waals surface area contributed by atoms with E-state index in [1.54, 1.807) is 14.0 Å². The average molecular weight is 241 g/mol. The second-order valence-corrected chi connectivity index (χ2v) is 6.25. The Bertz CT molecular complexity index is 257. The SMILES string of the molecule is COC(C)C(=O)NC1CCCCC1C(C)(C)C. The van der Waals surface area contributed by atoms with Gasteiger partial charge < -0.3 is 10.1 Å². The molecule has 1 fully saturated rings. The predicted molar refractivity (Wildman–Crippen MR) is 69.8 cm³/mol. The molecule has 1 aliphatic rings. The van der Waals surface area contributed by atoms with Crippen LogP contribution in [0, 0.1) is 11.3 Å². The van der Waals surface area contributed by atoms with Crippen molar-refractivity contribution in [3.63, 3.8) is 0 Å². The third-order valence-electron chi connectivity index (χ3n) is 3.93. The third-order valence-corrected chi connectivity index (χ3v) is 3.93. The van der Waals surface area contributed by atoms with E-state index < -0.39 is 0 Å². The van der Waals surface area contributed by atoms with Crippen molar-refractivity contribution in [3.8, 4) is 0 Å². The Morgan fingerprint density at radius 1 is 1.29 bits per heavy atom. The van der Waals surface area contributed by atoms with Crippen LogP contribution in [0.25, 0.3) is 0 Å². The van der Waals surface area contributed by atoms with E-state index in [1.165, 1.54) is 19.3 Å². The van der Waals surface area contributed by atoms with Gasteiger partial charge in [-0.05, 0) is 31.1 Å². The summed E-state index contributed by atoms with van der Waals surface area (Å²) in [6, 6.07) is 0.314. The topological polar surface area (TPSA) is 38.3 Å². The van der Waals surface area contributed by atoms with E-state index in [2.05, 4.69) is 26.1 Å². The minimum Gasteiger partial charge on any atom is -0.372 e. The summed E-state index contributed by atoms with van der Waals surface area (Å²) >= 11 is 0. The highest BCUT2D eigenvalue weighted by Crippen LogP contribution is 2.37. The fourth-order valence-electron chi connectivity index (χ4n) is 2.75. The van der Waals surface area contributed by atoms with Crippen molar-refractivity contribution in [2.24, 2.45) is 11.3 Å². The minimum absolute atomic E-state index is 0.0219. The maximum atomic E-state index is 11.9. The van der Waals surface area contributed by atoms with Gasteiger partial charge in [-0.15, -0.1) is 0 Å². The number of carbonyl (C=O) groups excluding carboxylic acids is 1. The summed E-state index contributed by atoms with van der Waals surface area (Å²) in [6.45, 7) is 8.59. The lowest BCUT2D eigenvalue weighted by molar-refractivity contribution is -0.131. The summed E-state index contributed by atoms with van der Waals surface area (Å²) < 4.78 is 5.06. The number of amides is 1. The quantitative estimate of drug-likeness (QED) is 0.825. The second-order valence-electron chi connectivity index (χ2n) is 6.25. The standard InChI is InChI=1S/C14H27NO2/c1-10(17-5)13(16)15-12-9-7-6-8-11(12)14(2,3)4/h10-12H,6-9H2,1-5H3,(H,15,16). The number of methoxy groups -OCH3 is 1. The van der Waals surface area contributed by atoms with Gasteiger partial charge in [-0.25, -0.2) is 0 Å². The van der Waals surface area contributed by atoms with Gasteiger partial charge in [0.05, 0.1) is 0 Å². The summed E-state index contributed by atoms with van der Waals surface area (Å²) in [5.41, 5.74) is 0.259. The highest BCUT2D eigenvalue weighted by Gasteiger charge is 2.35. The van der Waals surface area contributed by atoms with Gasteiger partial charge in [0.2, 0.25) is 5.91 Å². The molecule has 1 saturated carbocycles. The molecule has 100 valence electrons. The van der Waals surface area contributed by atoms with E-state index in [1.807, 2.05) is 0 Å². The van der Waals surface area contributed by atoms with Gasteiger partial charge in [0.25, 0.3) is 0 Å². The van der Waals surface area contributed by atoms with Crippen LogP contribution in [0.2, 0.25) is 0 Å². The normalized spacial score (nSPS) is 27.6. The Labute approximate surface area is 105 Å². The van der Waals surface area contributed by atoms with Crippen molar-refractivity contribution in [1.29, 1.82) is 0 Å². The minimum atomic E-state index is -0.349. The molecule has 3 nitrogen and oxygen atoms in total. The number of hydrogen-bond acceptors (Lipinski definition) is 2. The van der Waals surface area contributed by atoms with E-state index in [0.29, 0.717) is 12.0 Å². The van der Waals surface area contributed by atoms with Crippen LogP contribution in [0.5, 0.6) is 0 Å². The van der Waals surface area contributed by atoms with Crippen molar-refractivity contribution < 1.29 is 9.53 Å². The predicted octanol–water partition coefficient (Wildman–Crippen LogP) is 2.74. The van der Waals surface area contributed by atoms with Crippen molar-refractivity contribution in [3.05, 3.63) is 0 Å². The molecular weight excluding hydrogens is 214 g/mol. The van der Waals surface area contributed by atoms with Crippen LogP contribution in [0.4, 0.5) is 0 Å². The molecule has 0 aromatic rings. The number of nitrogens with one attached hydrogen (secondary N) is 1. The summed E-state index contributed by atoms with van der Waals surface area (Å²) in [5, 5.41) is 3.16. The van der Waals surface area contributed by atoms with Gasteiger partial charge >= 0.3 is 0 Å². The zero-order chi connectivity index (χ0) is 13.1. The van der Waals surface area contributed by atoms with Crippen LogP contribution in [-0.4, -0.2) is 25.2 Å². The van der Waals surface area contributed by atoms with Gasteiger partial charge in [-0.1, -0.05) is 33.6 Å². The first kappa shape index (κ1) is 14.5. The summed E-state index contributed by atoms with van der Waals surface area (Å²) in [6.07, 6.45) is 4.48. The maximum Gasteiger partial charge on any atom is 0.249 e. The molecule has 0 aliphatic heterocycles. The highest BCUT2D eigenvalue weighted by atomic mass is 16.5. The number of hydrogen-bond donors (Lipinski definition) is 1. The van der Waals surface area contributed by atoms with Crippen LogP contribution in [0.3, 0.4) is 0 Å². The van der Waals surface area contributed by atoms with E-state index in [0.717, 1.165) is 6.42 Å². The Morgan fingerprint density at radius 3 is 2.41 bits per heavy atom. The number of ether oxygens (including phenoxy) is 1. The van der Waals surface area contributed by atoms with E-state index >= 15 is 0 Å². The van der Waals surface area contributed by atoms with Crippen LogP contribution in [0.1, 0.15) is 53.4 Å². The third kappa shape index (κ3) is 3.98. The zero-order valence-corrected chi connectivity index (χ0v) is 11.9. The highest BCUT2D eigenvalue weighted by molar-refractivity contribution is 5.80. The summed E-state index contributed by atoms with van der Waals surface area (Å²) in [5.74, 6) is 0.595. The molecular formula is C14H27NO2. The first-order valence-corrected chi connectivity index (χ1v) is 6.69. The largest absolute Gasteiger partial charge is 0.372 e. The summed E-state index contributed by atoms with van der Waals surface area (Å²) in [7, 11) is 1.58. The first-order valence-electron chi connectivity index (χ1n) is 6.69. The van der Waals surface area contributed by atoms with Crippen molar-refractivity contribution in [2.45, 2.75) is 65.5 Å². The van der Waals surface area contributed by atoms with Gasteiger partial charge in [0.15, 0.2) is 0 Å². The molecule has 0 saturated heterocycles. The number of rotatable bonds is 3. The molecule has 1 amide bonds. The van der Waals surface area contributed by atoms with Crippen molar-refractivity contribution in [2.75, 3.05) is 7.11 Å². The molecule has 3 unspecified atom stereocenters. The van der Waals surface area contributed by atoms with Crippen LogP contribution in [-0.2, 0) is 9.53 Å². The fraction of sp³-hybridized carbons (Fsp3) is 0.929. The fourth-order valence-corrected chi connectivity index (χ4v) is 2.75. The lowest BCUT2D eigenvalue weighted by atomic mass is 9.69. The molecule has 1 rings (SSSR count). The molecule has 1 aliphatic carbocycles. The molecule has 0 bridgehead atoms. The number of carbonyl (C=O) groups is 1.